The molecule has 110 valence electrons. The summed E-state index contributed by atoms with van der Waals surface area (Å²) < 4.78 is 6.51. The SMILES string of the molecule is C[C@]1(C(N)=O)CN(C(=O)c2cc3ccccc3s2)CCO1. The molecular formula is C15H16N2O3S. The van der Waals surface area contributed by atoms with Crippen LogP contribution in [0.2, 0.25) is 0 Å². The third-order valence-corrected chi connectivity index (χ3v) is 4.82. The zero-order valence-electron chi connectivity index (χ0n) is 11.7. The Labute approximate surface area is 126 Å². The molecule has 2 aromatic rings. The first kappa shape index (κ1) is 14.0. The number of rotatable bonds is 2. The lowest BCUT2D eigenvalue weighted by Crippen LogP contribution is -2.58. The van der Waals surface area contributed by atoms with Crippen molar-refractivity contribution in [2.24, 2.45) is 5.73 Å². The number of benzene rings is 1. The van der Waals surface area contributed by atoms with Gasteiger partial charge in [-0.2, -0.15) is 0 Å². The van der Waals surface area contributed by atoms with Gasteiger partial charge in [-0.3, -0.25) is 9.59 Å². The average Bonchev–Trinajstić information content (AvgIpc) is 2.90. The van der Waals surface area contributed by atoms with E-state index in [4.69, 9.17) is 10.5 Å². The topological polar surface area (TPSA) is 72.6 Å². The van der Waals surface area contributed by atoms with Gasteiger partial charge < -0.3 is 15.4 Å². The zero-order chi connectivity index (χ0) is 15.0. The number of morpholine rings is 1. The quantitative estimate of drug-likeness (QED) is 0.916. The molecule has 1 aromatic heterocycles. The molecule has 0 bridgehead atoms. The minimum absolute atomic E-state index is 0.0769. The Hall–Kier alpha value is -1.92. The highest BCUT2D eigenvalue weighted by Gasteiger charge is 2.39. The van der Waals surface area contributed by atoms with Crippen molar-refractivity contribution in [2.75, 3.05) is 19.7 Å². The lowest BCUT2D eigenvalue weighted by Gasteiger charge is -2.38. The van der Waals surface area contributed by atoms with Crippen LogP contribution in [-0.2, 0) is 9.53 Å². The number of hydrogen-bond acceptors (Lipinski definition) is 4. The van der Waals surface area contributed by atoms with Crippen LogP contribution >= 0.6 is 11.3 Å². The van der Waals surface area contributed by atoms with Crippen LogP contribution in [0.15, 0.2) is 30.3 Å². The molecule has 1 saturated heterocycles. The van der Waals surface area contributed by atoms with E-state index >= 15 is 0 Å². The zero-order valence-corrected chi connectivity index (χ0v) is 12.5. The molecule has 2 amide bonds. The second-order valence-electron chi connectivity index (χ2n) is 5.32. The summed E-state index contributed by atoms with van der Waals surface area (Å²) in [6, 6.07) is 9.76. The van der Waals surface area contributed by atoms with Crippen molar-refractivity contribution in [3.8, 4) is 0 Å². The molecule has 1 atom stereocenters. The molecule has 0 saturated carbocycles. The number of carbonyl (C=O) groups is 2. The van der Waals surface area contributed by atoms with Gasteiger partial charge in [0.25, 0.3) is 11.8 Å². The van der Waals surface area contributed by atoms with E-state index in [0.29, 0.717) is 18.0 Å². The van der Waals surface area contributed by atoms with Gasteiger partial charge in [-0.15, -0.1) is 11.3 Å². The highest BCUT2D eigenvalue weighted by molar-refractivity contribution is 7.20. The van der Waals surface area contributed by atoms with Crippen molar-refractivity contribution in [3.63, 3.8) is 0 Å². The van der Waals surface area contributed by atoms with Gasteiger partial charge in [0.2, 0.25) is 0 Å². The van der Waals surface area contributed by atoms with Crippen molar-refractivity contribution in [3.05, 3.63) is 35.2 Å². The Balaban J connectivity index is 1.86. The smallest absolute Gasteiger partial charge is 0.264 e. The highest BCUT2D eigenvalue weighted by atomic mass is 32.1. The molecule has 0 radical (unpaired) electrons. The number of thiophene rings is 1. The molecule has 0 aliphatic carbocycles. The molecule has 5 nitrogen and oxygen atoms in total. The Morgan fingerprint density at radius 2 is 2.14 bits per heavy atom. The number of carbonyl (C=O) groups excluding carboxylic acids is 2. The maximum Gasteiger partial charge on any atom is 0.264 e. The predicted octanol–water partition coefficient (Wildman–Crippen LogP) is 1.62. The summed E-state index contributed by atoms with van der Waals surface area (Å²) in [4.78, 5) is 26.4. The molecule has 2 N–H and O–H groups in total. The maximum absolute atomic E-state index is 12.6. The van der Waals surface area contributed by atoms with E-state index in [1.807, 2.05) is 30.3 Å². The van der Waals surface area contributed by atoms with E-state index in [2.05, 4.69) is 0 Å². The van der Waals surface area contributed by atoms with E-state index in [-0.39, 0.29) is 12.5 Å². The van der Waals surface area contributed by atoms with E-state index in [0.717, 1.165) is 10.1 Å². The third kappa shape index (κ3) is 2.52. The Kier molecular flexibility index (Phi) is 3.43. The summed E-state index contributed by atoms with van der Waals surface area (Å²) in [5, 5.41) is 1.05. The first-order valence-electron chi connectivity index (χ1n) is 6.71. The van der Waals surface area contributed by atoms with Gasteiger partial charge in [-0.05, 0) is 24.4 Å². The average molecular weight is 304 g/mol. The summed E-state index contributed by atoms with van der Waals surface area (Å²) in [7, 11) is 0. The number of primary amides is 1. The van der Waals surface area contributed by atoms with Crippen LogP contribution in [0, 0.1) is 0 Å². The van der Waals surface area contributed by atoms with Gasteiger partial charge >= 0.3 is 0 Å². The number of hydrogen-bond donors (Lipinski definition) is 1. The fourth-order valence-electron chi connectivity index (χ4n) is 2.44. The Bertz CT molecular complexity index is 679. The minimum atomic E-state index is -1.11. The van der Waals surface area contributed by atoms with Gasteiger partial charge in [0.1, 0.15) is 0 Å². The fraction of sp³-hybridized carbons (Fsp3) is 0.333. The summed E-state index contributed by atoms with van der Waals surface area (Å²) >= 11 is 1.46. The van der Waals surface area contributed by atoms with Crippen molar-refractivity contribution >= 4 is 33.2 Å². The lowest BCUT2D eigenvalue weighted by molar-refractivity contribution is -0.150. The van der Waals surface area contributed by atoms with Gasteiger partial charge in [0.15, 0.2) is 5.60 Å². The third-order valence-electron chi connectivity index (χ3n) is 3.72. The van der Waals surface area contributed by atoms with Crippen molar-refractivity contribution < 1.29 is 14.3 Å². The molecular weight excluding hydrogens is 288 g/mol. The molecule has 1 aromatic carbocycles. The van der Waals surface area contributed by atoms with Crippen molar-refractivity contribution in [1.82, 2.24) is 4.90 Å². The monoisotopic (exact) mass is 304 g/mol. The summed E-state index contributed by atoms with van der Waals surface area (Å²) in [5.74, 6) is -0.622. The number of amides is 2. The number of nitrogens with two attached hydrogens (primary N) is 1. The van der Waals surface area contributed by atoms with E-state index < -0.39 is 11.5 Å². The van der Waals surface area contributed by atoms with Crippen LogP contribution in [0.3, 0.4) is 0 Å². The fourth-order valence-corrected chi connectivity index (χ4v) is 3.47. The van der Waals surface area contributed by atoms with Crippen LogP contribution in [0.1, 0.15) is 16.6 Å². The largest absolute Gasteiger partial charge is 0.367 e. The van der Waals surface area contributed by atoms with Crippen LogP contribution < -0.4 is 5.73 Å². The van der Waals surface area contributed by atoms with Gasteiger partial charge in [0, 0.05) is 11.2 Å². The Morgan fingerprint density at radius 3 is 2.86 bits per heavy atom. The summed E-state index contributed by atoms with van der Waals surface area (Å²) in [6.07, 6.45) is 0. The van der Waals surface area contributed by atoms with Crippen LogP contribution in [0.5, 0.6) is 0 Å². The first-order chi connectivity index (χ1) is 9.99. The highest BCUT2D eigenvalue weighted by Crippen LogP contribution is 2.27. The molecule has 3 rings (SSSR count). The molecule has 1 aliphatic rings. The maximum atomic E-state index is 12.6. The van der Waals surface area contributed by atoms with Crippen molar-refractivity contribution in [1.29, 1.82) is 0 Å². The normalized spacial score (nSPS) is 22.4. The molecule has 6 heteroatoms. The van der Waals surface area contributed by atoms with Crippen LogP contribution in [-0.4, -0.2) is 42.0 Å². The summed E-state index contributed by atoms with van der Waals surface area (Å²) in [5.41, 5.74) is 4.26. The molecule has 1 fully saturated rings. The number of fused-ring (bicyclic) bond motifs is 1. The van der Waals surface area contributed by atoms with Gasteiger partial charge in [-0.25, -0.2) is 0 Å². The minimum Gasteiger partial charge on any atom is -0.367 e. The first-order valence-corrected chi connectivity index (χ1v) is 7.53. The second kappa shape index (κ2) is 5.13. The molecule has 21 heavy (non-hydrogen) atoms. The predicted molar refractivity (Wildman–Crippen MR) is 81.3 cm³/mol. The van der Waals surface area contributed by atoms with Gasteiger partial charge in [-0.1, -0.05) is 18.2 Å². The molecule has 0 spiro atoms. The lowest BCUT2D eigenvalue weighted by atomic mass is 10.0. The number of nitrogens with zero attached hydrogens (tertiary/aromatic N) is 1. The summed E-state index contributed by atoms with van der Waals surface area (Å²) in [6.45, 7) is 2.60. The molecule has 1 aliphatic heterocycles. The van der Waals surface area contributed by atoms with Crippen LogP contribution in [0.4, 0.5) is 0 Å². The second-order valence-corrected chi connectivity index (χ2v) is 6.40. The van der Waals surface area contributed by atoms with Crippen LogP contribution in [0.25, 0.3) is 10.1 Å². The Morgan fingerprint density at radius 1 is 1.38 bits per heavy atom. The van der Waals surface area contributed by atoms with Gasteiger partial charge in [0.05, 0.1) is 18.0 Å². The van der Waals surface area contributed by atoms with E-state index in [1.165, 1.54) is 11.3 Å². The van der Waals surface area contributed by atoms with E-state index in [9.17, 15) is 9.59 Å². The van der Waals surface area contributed by atoms with E-state index in [1.54, 1.807) is 11.8 Å². The number of ether oxygens (including phenoxy) is 1. The molecule has 0 unspecified atom stereocenters. The van der Waals surface area contributed by atoms with Crippen molar-refractivity contribution in [2.45, 2.75) is 12.5 Å². The standard InChI is InChI=1S/C15H16N2O3S/c1-15(14(16)19)9-17(6-7-20-15)13(18)12-8-10-4-2-3-5-11(10)21-12/h2-5,8H,6-7,9H2,1H3,(H2,16,19)/t15-/m1/s1. The molecule has 2 heterocycles.